The second-order valence-electron chi connectivity index (χ2n) is 4.33. The van der Waals surface area contributed by atoms with Crippen LogP contribution in [0.15, 0.2) is 41.3 Å². The van der Waals surface area contributed by atoms with Gasteiger partial charge in [0.1, 0.15) is 5.75 Å². The molecule has 0 heterocycles. The van der Waals surface area contributed by atoms with Crippen LogP contribution in [0.2, 0.25) is 10.0 Å². The number of benzene rings is 2. The maximum Gasteiger partial charge on any atom is 0.238 e. The molecule has 8 heteroatoms. The molecule has 0 bridgehead atoms. The minimum atomic E-state index is -3.79. The van der Waals surface area contributed by atoms with E-state index < -0.39 is 10.0 Å². The highest BCUT2D eigenvalue weighted by Crippen LogP contribution is 2.27. The molecule has 2 rings (SSSR count). The lowest BCUT2D eigenvalue weighted by atomic mass is 10.2. The number of phenols is 1. The molecule has 0 fully saturated rings. The molecule has 0 aliphatic rings. The van der Waals surface area contributed by atoms with E-state index in [2.05, 4.69) is 5.32 Å². The van der Waals surface area contributed by atoms with Crippen molar-refractivity contribution >= 4 is 38.9 Å². The van der Waals surface area contributed by atoms with E-state index in [0.29, 0.717) is 17.3 Å². The summed E-state index contributed by atoms with van der Waals surface area (Å²) in [5.74, 6) is -0.00493. The largest absolute Gasteiger partial charge is 0.506 e. The summed E-state index contributed by atoms with van der Waals surface area (Å²) in [5, 5.41) is 18.0. The molecule has 0 atom stereocenters. The summed E-state index contributed by atoms with van der Waals surface area (Å²) in [7, 11) is -3.79. The summed E-state index contributed by atoms with van der Waals surface area (Å²) >= 11 is 11.8. The highest BCUT2D eigenvalue weighted by Gasteiger charge is 2.10. The van der Waals surface area contributed by atoms with Crippen molar-refractivity contribution in [2.45, 2.75) is 11.4 Å². The van der Waals surface area contributed by atoms with Crippen LogP contribution >= 0.6 is 23.2 Å². The van der Waals surface area contributed by atoms with E-state index in [-0.39, 0.29) is 15.7 Å². The predicted molar refractivity (Wildman–Crippen MR) is 83.3 cm³/mol. The van der Waals surface area contributed by atoms with Gasteiger partial charge in [0, 0.05) is 6.54 Å². The molecule has 2 aromatic rings. The molecule has 0 aliphatic heterocycles. The standard InChI is InChI=1S/C13H12Cl2N2O3S/c14-10-3-2-9(21(16,19)20)6-12(10)17-7-8-1-4-13(18)11(15)5-8/h1-6,17-18H,7H2,(H2,16,19,20). The Morgan fingerprint density at radius 3 is 2.43 bits per heavy atom. The van der Waals surface area contributed by atoms with Crippen LogP contribution < -0.4 is 10.5 Å². The zero-order valence-corrected chi connectivity index (χ0v) is 13.0. The molecule has 0 spiro atoms. The first-order chi connectivity index (χ1) is 9.77. The highest BCUT2D eigenvalue weighted by molar-refractivity contribution is 7.89. The Morgan fingerprint density at radius 2 is 1.81 bits per heavy atom. The molecule has 4 N–H and O–H groups in total. The fourth-order valence-electron chi connectivity index (χ4n) is 1.67. The molecule has 5 nitrogen and oxygen atoms in total. The average molecular weight is 347 g/mol. The first kappa shape index (κ1) is 15.9. The summed E-state index contributed by atoms with van der Waals surface area (Å²) in [6.07, 6.45) is 0. The number of phenolic OH excluding ortho intramolecular Hbond substituents is 1. The number of sulfonamides is 1. The molecule has 0 amide bonds. The van der Waals surface area contributed by atoms with E-state index in [4.69, 9.17) is 28.3 Å². The molecule has 0 saturated heterocycles. The van der Waals surface area contributed by atoms with E-state index in [0.717, 1.165) is 5.56 Å². The Balaban J connectivity index is 2.21. The van der Waals surface area contributed by atoms with Crippen molar-refractivity contribution in [1.82, 2.24) is 0 Å². The molecule has 0 unspecified atom stereocenters. The Kier molecular flexibility index (Phi) is 4.63. The Labute approximate surface area is 132 Å². The molecule has 2 aromatic carbocycles. The number of hydrogen-bond acceptors (Lipinski definition) is 4. The fourth-order valence-corrected chi connectivity index (χ4v) is 2.60. The lowest BCUT2D eigenvalue weighted by Crippen LogP contribution is -2.12. The molecular formula is C13H12Cl2N2O3S. The van der Waals surface area contributed by atoms with Gasteiger partial charge in [-0.05, 0) is 35.9 Å². The summed E-state index contributed by atoms with van der Waals surface area (Å²) in [6.45, 7) is 0.355. The minimum Gasteiger partial charge on any atom is -0.506 e. The lowest BCUT2D eigenvalue weighted by Gasteiger charge is -2.10. The molecular weight excluding hydrogens is 335 g/mol. The van der Waals surface area contributed by atoms with Gasteiger partial charge in [0.05, 0.1) is 20.6 Å². The topological polar surface area (TPSA) is 92.4 Å². The fraction of sp³-hybridized carbons (Fsp3) is 0.0769. The number of primary sulfonamides is 1. The maximum absolute atomic E-state index is 11.3. The van der Waals surface area contributed by atoms with Crippen LogP contribution in [0.3, 0.4) is 0 Å². The average Bonchev–Trinajstić information content (AvgIpc) is 2.40. The number of nitrogens with one attached hydrogen (secondary N) is 1. The Morgan fingerprint density at radius 1 is 1.10 bits per heavy atom. The third-order valence-corrected chi connectivity index (χ3v) is 4.30. The quantitative estimate of drug-likeness (QED) is 0.793. The van der Waals surface area contributed by atoms with Crippen LogP contribution in [-0.4, -0.2) is 13.5 Å². The second-order valence-corrected chi connectivity index (χ2v) is 6.70. The Hall–Kier alpha value is -1.47. The maximum atomic E-state index is 11.3. The number of hydrogen-bond donors (Lipinski definition) is 3. The normalized spacial score (nSPS) is 11.4. The van der Waals surface area contributed by atoms with Crippen LogP contribution in [0.5, 0.6) is 5.75 Å². The SMILES string of the molecule is NS(=O)(=O)c1ccc(Cl)c(NCc2ccc(O)c(Cl)c2)c1. The molecule has 0 aliphatic carbocycles. The second kappa shape index (κ2) is 6.11. The van der Waals surface area contributed by atoms with Crippen LogP contribution in [0.1, 0.15) is 5.56 Å². The molecule has 0 radical (unpaired) electrons. The third-order valence-electron chi connectivity index (χ3n) is 2.76. The summed E-state index contributed by atoms with van der Waals surface area (Å²) in [5.41, 5.74) is 1.24. The van der Waals surface area contributed by atoms with Crippen molar-refractivity contribution in [3.05, 3.63) is 52.0 Å². The van der Waals surface area contributed by atoms with Crippen LogP contribution in [-0.2, 0) is 16.6 Å². The van der Waals surface area contributed by atoms with Gasteiger partial charge in [0.25, 0.3) is 0 Å². The smallest absolute Gasteiger partial charge is 0.238 e. The number of nitrogens with two attached hydrogens (primary N) is 1. The van der Waals surface area contributed by atoms with E-state index in [1.165, 1.54) is 24.3 Å². The van der Waals surface area contributed by atoms with Gasteiger partial charge in [-0.3, -0.25) is 0 Å². The van der Waals surface area contributed by atoms with Crippen LogP contribution in [0.25, 0.3) is 0 Å². The van der Waals surface area contributed by atoms with Gasteiger partial charge in [-0.25, -0.2) is 13.6 Å². The number of aromatic hydroxyl groups is 1. The molecule has 21 heavy (non-hydrogen) atoms. The minimum absolute atomic E-state index is 0.00493. The number of halogens is 2. The number of rotatable bonds is 4. The molecule has 0 saturated carbocycles. The lowest BCUT2D eigenvalue weighted by molar-refractivity contribution is 0.475. The van der Waals surface area contributed by atoms with Gasteiger partial charge < -0.3 is 10.4 Å². The van der Waals surface area contributed by atoms with Gasteiger partial charge in [-0.15, -0.1) is 0 Å². The monoisotopic (exact) mass is 346 g/mol. The first-order valence-electron chi connectivity index (χ1n) is 5.81. The van der Waals surface area contributed by atoms with E-state index in [1.807, 2.05) is 0 Å². The zero-order chi connectivity index (χ0) is 15.6. The predicted octanol–water partition coefficient (Wildman–Crippen LogP) is 2.96. The zero-order valence-electron chi connectivity index (χ0n) is 10.7. The van der Waals surface area contributed by atoms with Crippen molar-refractivity contribution in [3.8, 4) is 5.75 Å². The van der Waals surface area contributed by atoms with E-state index >= 15 is 0 Å². The van der Waals surface area contributed by atoms with E-state index in [9.17, 15) is 13.5 Å². The van der Waals surface area contributed by atoms with Crippen molar-refractivity contribution in [3.63, 3.8) is 0 Å². The van der Waals surface area contributed by atoms with Crippen molar-refractivity contribution < 1.29 is 13.5 Å². The first-order valence-corrected chi connectivity index (χ1v) is 8.11. The van der Waals surface area contributed by atoms with E-state index in [1.54, 1.807) is 12.1 Å². The molecule has 112 valence electrons. The Bertz CT molecular complexity index is 779. The summed E-state index contributed by atoms with van der Waals surface area (Å²) < 4.78 is 22.6. The van der Waals surface area contributed by atoms with Crippen molar-refractivity contribution in [2.75, 3.05) is 5.32 Å². The van der Waals surface area contributed by atoms with Gasteiger partial charge >= 0.3 is 0 Å². The van der Waals surface area contributed by atoms with Gasteiger partial charge in [0.15, 0.2) is 0 Å². The van der Waals surface area contributed by atoms with Gasteiger partial charge in [-0.2, -0.15) is 0 Å². The summed E-state index contributed by atoms with van der Waals surface area (Å²) in [6, 6.07) is 8.90. The highest BCUT2D eigenvalue weighted by atomic mass is 35.5. The van der Waals surface area contributed by atoms with Gasteiger partial charge in [-0.1, -0.05) is 29.3 Å². The van der Waals surface area contributed by atoms with Crippen molar-refractivity contribution in [2.24, 2.45) is 5.14 Å². The van der Waals surface area contributed by atoms with Crippen molar-refractivity contribution in [1.29, 1.82) is 0 Å². The van der Waals surface area contributed by atoms with Crippen LogP contribution in [0.4, 0.5) is 5.69 Å². The van der Waals surface area contributed by atoms with Gasteiger partial charge in [0.2, 0.25) is 10.0 Å². The third kappa shape index (κ3) is 4.01. The van der Waals surface area contributed by atoms with Crippen LogP contribution in [0, 0.1) is 0 Å². The number of anilines is 1. The molecule has 0 aromatic heterocycles. The summed E-state index contributed by atoms with van der Waals surface area (Å²) in [4.78, 5) is -0.0295.